The highest BCUT2D eigenvalue weighted by Gasteiger charge is 2.28. The molecule has 1 aliphatic rings. The fraction of sp³-hybridized carbons (Fsp3) is 0.250. The molecule has 1 unspecified atom stereocenters. The van der Waals surface area contributed by atoms with E-state index >= 15 is 0 Å². The molecule has 5 nitrogen and oxygen atoms in total. The smallest absolute Gasteiger partial charge is 0.295 e. The van der Waals surface area contributed by atoms with Crippen molar-refractivity contribution in [1.29, 1.82) is 0 Å². The van der Waals surface area contributed by atoms with E-state index in [9.17, 15) is 4.79 Å². The van der Waals surface area contributed by atoms with Crippen LogP contribution >= 0.6 is 15.9 Å². The Balaban J connectivity index is 2.36. The summed E-state index contributed by atoms with van der Waals surface area (Å²) in [5, 5.41) is 2.57. The molecule has 0 bridgehead atoms. The van der Waals surface area contributed by atoms with Crippen LogP contribution in [0.25, 0.3) is 0 Å². The molecule has 0 spiro atoms. The zero-order valence-corrected chi connectivity index (χ0v) is 8.87. The van der Waals surface area contributed by atoms with Gasteiger partial charge in [0.05, 0.1) is 0 Å². The molecule has 2 rings (SSSR count). The second-order valence-electron chi connectivity index (χ2n) is 2.68. The Hall–Kier alpha value is -1.14. The van der Waals surface area contributed by atoms with Crippen molar-refractivity contribution < 1.29 is 14.3 Å². The van der Waals surface area contributed by atoms with Crippen molar-refractivity contribution in [2.24, 2.45) is 0 Å². The number of anilines is 1. The maximum absolute atomic E-state index is 11.3. The minimum Gasteiger partial charge on any atom is -0.451 e. The van der Waals surface area contributed by atoms with E-state index < -0.39 is 6.29 Å². The number of pyridine rings is 1. The molecule has 0 fully saturated rings. The number of hydrogen-bond donors (Lipinski definition) is 1. The van der Waals surface area contributed by atoms with Gasteiger partial charge in [-0.05, 0) is 22.0 Å². The number of ether oxygens (including phenoxy) is 2. The first kappa shape index (κ1) is 9.42. The summed E-state index contributed by atoms with van der Waals surface area (Å²) in [7, 11) is 1.40. The van der Waals surface area contributed by atoms with Crippen LogP contribution < -0.4 is 10.1 Å². The topological polar surface area (TPSA) is 60.5 Å². The van der Waals surface area contributed by atoms with Crippen molar-refractivity contribution in [3.8, 4) is 5.75 Å². The Morgan fingerprint density at radius 2 is 2.50 bits per heavy atom. The highest BCUT2D eigenvalue weighted by Crippen LogP contribution is 2.29. The van der Waals surface area contributed by atoms with Crippen molar-refractivity contribution in [2.75, 3.05) is 12.4 Å². The normalized spacial score (nSPS) is 19.6. The van der Waals surface area contributed by atoms with Gasteiger partial charge in [-0.3, -0.25) is 4.79 Å². The molecular formula is C8H7BrN2O3. The second kappa shape index (κ2) is 3.55. The molecule has 6 heteroatoms. The fourth-order valence-electron chi connectivity index (χ4n) is 1.10. The first-order valence-corrected chi connectivity index (χ1v) is 4.66. The maximum Gasteiger partial charge on any atom is 0.295 e. The summed E-state index contributed by atoms with van der Waals surface area (Å²) in [6, 6.07) is 1.72. The fourth-order valence-corrected chi connectivity index (χ4v) is 1.41. The molecule has 1 aliphatic heterocycles. The minimum absolute atomic E-state index is 0.352. The molecule has 2 heterocycles. The van der Waals surface area contributed by atoms with E-state index in [0.29, 0.717) is 11.6 Å². The van der Waals surface area contributed by atoms with Crippen molar-refractivity contribution in [1.82, 2.24) is 4.98 Å². The van der Waals surface area contributed by atoms with Crippen LogP contribution in [-0.2, 0) is 9.53 Å². The SMILES string of the molecule is COC1Oc2cc(Br)cnc2NC1=O. The minimum atomic E-state index is -0.904. The number of fused-ring (bicyclic) bond motifs is 1. The molecule has 0 aliphatic carbocycles. The third-order valence-electron chi connectivity index (χ3n) is 1.72. The Kier molecular flexibility index (Phi) is 2.39. The number of methoxy groups -OCH3 is 1. The number of hydrogen-bond acceptors (Lipinski definition) is 4. The summed E-state index contributed by atoms with van der Waals surface area (Å²) in [5.74, 6) is 0.548. The zero-order valence-electron chi connectivity index (χ0n) is 7.28. The van der Waals surface area contributed by atoms with E-state index in [1.807, 2.05) is 0 Å². The average molecular weight is 259 g/mol. The largest absolute Gasteiger partial charge is 0.451 e. The van der Waals surface area contributed by atoms with Crippen LogP contribution in [0.2, 0.25) is 0 Å². The van der Waals surface area contributed by atoms with Crippen molar-refractivity contribution in [2.45, 2.75) is 6.29 Å². The second-order valence-corrected chi connectivity index (χ2v) is 3.59. The van der Waals surface area contributed by atoms with Gasteiger partial charge in [0.15, 0.2) is 11.6 Å². The predicted octanol–water partition coefficient (Wildman–Crippen LogP) is 1.15. The van der Waals surface area contributed by atoms with Crippen LogP contribution in [0.5, 0.6) is 5.75 Å². The van der Waals surface area contributed by atoms with E-state index in [4.69, 9.17) is 9.47 Å². The van der Waals surface area contributed by atoms with Gasteiger partial charge in [-0.25, -0.2) is 4.98 Å². The van der Waals surface area contributed by atoms with Crippen molar-refractivity contribution >= 4 is 27.7 Å². The monoisotopic (exact) mass is 258 g/mol. The Bertz CT molecular complexity index is 383. The molecule has 1 amide bonds. The van der Waals surface area contributed by atoms with E-state index in [0.717, 1.165) is 4.47 Å². The van der Waals surface area contributed by atoms with E-state index in [-0.39, 0.29) is 5.91 Å². The first-order chi connectivity index (χ1) is 6.70. The molecule has 1 atom stereocenters. The number of rotatable bonds is 1. The molecule has 0 radical (unpaired) electrons. The maximum atomic E-state index is 11.3. The zero-order chi connectivity index (χ0) is 10.1. The van der Waals surface area contributed by atoms with Crippen LogP contribution in [0.1, 0.15) is 0 Å². The summed E-state index contributed by atoms with van der Waals surface area (Å²) >= 11 is 3.25. The van der Waals surface area contributed by atoms with Crippen LogP contribution in [0.4, 0.5) is 5.82 Å². The lowest BCUT2D eigenvalue weighted by Crippen LogP contribution is -2.38. The molecule has 0 saturated heterocycles. The van der Waals surface area contributed by atoms with Gasteiger partial charge < -0.3 is 14.8 Å². The van der Waals surface area contributed by atoms with E-state index in [1.54, 1.807) is 12.3 Å². The molecule has 14 heavy (non-hydrogen) atoms. The van der Waals surface area contributed by atoms with Gasteiger partial charge in [0.2, 0.25) is 0 Å². The summed E-state index contributed by atoms with van der Waals surface area (Å²) in [5.41, 5.74) is 0. The average Bonchev–Trinajstić information content (AvgIpc) is 2.17. The lowest BCUT2D eigenvalue weighted by molar-refractivity contribution is -0.143. The third-order valence-corrected chi connectivity index (χ3v) is 2.16. The molecule has 1 aromatic rings. The Morgan fingerprint density at radius 3 is 3.21 bits per heavy atom. The lowest BCUT2D eigenvalue weighted by atomic mass is 10.3. The molecule has 1 N–H and O–H groups in total. The number of aromatic nitrogens is 1. The molecule has 0 aromatic carbocycles. The molecular weight excluding hydrogens is 252 g/mol. The van der Waals surface area contributed by atoms with Gasteiger partial charge >= 0.3 is 0 Å². The van der Waals surface area contributed by atoms with Gasteiger partial charge in [0, 0.05) is 17.8 Å². The number of nitrogens with one attached hydrogen (secondary N) is 1. The highest BCUT2D eigenvalue weighted by atomic mass is 79.9. The van der Waals surface area contributed by atoms with Gasteiger partial charge in [-0.2, -0.15) is 0 Å². The van der Waals surface area contributed by atoms with Crippen LogP contribution in [0.3, 0.4) is 0 Å². The molecule has 74 valence electrons. The number of carbonyl (C=O) groups is 1. The van der Waals surface area contributed by atoms with Crippen LogP contribution in [0.15, 0.2) is 16.7 Å². The molecule has 1 aromatic heterocycles. The quantitative estimate of drug-likeness (QED) is 0.821. The number of amides is 1. The molecule has 0 saturated carbocycles. The number of halogens is 1. The van der Waals surface area contributed by atoms with Gasteiger partial charge in [-0.1, -0.05) is 0 Å². The summed E-state index contributed by atoms with van der Waals surface area (Å²) in [6.07, 6.45) is 0.675. The summed E-state index contributed by atoms with van der Waals surface area (Å²) in [6.45, 7) is 0. The standard InChI is InChI=1S/C8H7BrN2O3/c1-13-8-7(12)11-6-5(14-8)2-4(9)3-10-6/h2-3,8H,1H3,(H,10,11,12). The lowest BCUT2D eigenvalue weighted by Gasteiger charge is -2.23. The van der Waals surface area contributed by atoms with Crippen LogP contribution in [-0.4, -0.2) is 24.3 Å². The predicted molar refractivity (Wildman–Crippen MR) is 52.0 cm³/mol. The van der Waals surface area contributed by atoms with E-state index in [1.165, 1.54) is 7.11 Å². The number of nitrogens with zero attached hydrogens (tertiary/aromatic N) is 1. The van der Waals surface area contributed by atoms with Gasteiger partial charge in [0.25, 0.3) is 12.2 Å². The Morgan fingerprint density at radius 1 is 1.71 bits per heavy atom. The van der Waals surface area contributed by atoms with E-state index in [2.05, 4.69) is 26.2 Å². The number of carbonyl (C=O) groups excluding carboxylic acids is 1. The van der Waals surface area contributed by atoms with Crippen molar-refractivity contribution in [3.63, 3.8) is 0 Å². The summed E-state index contributed by atoms with van der Waals surface area (Å²) < 4.78 is 10.9. The van der Waals surface area contributed by atoms with Gasteiger partial charge in [-0.15, -0.1) is 0 Å². The summed E-state index contributed by atoms with van der Waals surface area (Å²) in [4.78, 5) is 15.2. The first-order valence-electron chi connectivity index (χ1n) is 3.86. The Labute approximate surface area is 88.5 Å². The third kappa shape index (κ3) is 1.58. The highest BCUT2D eigenvalue weighted by molar-refractivity contribution is 9.10. The van der Waals surface area contributed by atoms with Crippen molar-refractivity contribution in [3.05, 3.63) is 16.7 Å². The van der Waals surface area contributed by atoms with Crippen LogP contribution in [0, 0.1) is 0 Å². The van der Waals surface area contributed by atoms with Gasteiger partial charge in [0.1, 0.15) is 0 Å².